The van der Waals surface area contributed by atoms with E-state index < -0.39 is 24.2 Å². The fraction of sp³-hybridized carbons (Fsp3) is 0.818. The number of nitrogens with two attached hydrogens (primary N) is 1. The van der Waals surface area contributed by atoms with E-state index in [4.69, 9.17) is 21.1 Å². The van der Waals surface area contributed by atoms with Gasteiger partial charge in [-0.2, -0.15) is 0 Å². The zero-order valence-corrected chi connectivity index (χ0v) is 10.8. The van der Waals surface area contributed by atoms with Crippen molar-refractivity contribution in [3.8, 4) is 0 Å². The van der Waals surface area contributed by atoms with E-state index in [0.29, 0.717) is 25.9 Å². The number of aliphatic hydroxyl groups is 2. The molecule has 0 saturated carbocycles. The van der Waals surface area contributed by atoms with Gasteiger partial charge in [0.15, 0.2) is 0 Å². The molecule has 4 atom stereocenters. The molecule has 0 spiro atoms. The van der Waals surface area contributed by atoms with Crippen molar-refractivity contribution >= 4 is 11.9 Å². The van der Waals surface area contributed by atoms with Gasteiger partial charge in [-0.1, -0.05) is 0 Å². The van der Waals surface area contributed by atoms with Crippen molar-refractivity contribution in [2.75, 3.05) is 20.1 Å². The number of hydrogen-bond acceptors (Lipinski definition) is 6. The summed E-state index contributed by atoms with van der Waals surface area (Å²) in [5, 5.41) is 29.2. The van der Waals surface area contributed by atoms with Gasteiger partial charge in [0.2, 0.25) is 5.91 Å². The van der Waals surface area contributed by atoms with E-state index in [1.165, 1.54) is 0 Å². The molecule has 1 amide bonds. The Bertz CT molecular complexity index is 338. The lowest BCUT2D eigenvalue weighted by Gasteiger charge is -2.12. The van der Waals surface area contributed by atoms with Gasteiger partial charge in [-0.05, 0) is 13.5 Å². The Hall–Kier alpha value is -1.22. The fourth-order valence-electron chi connectivity index (χ4n) is 2.19. The van der Waals surface area contributed by atoms with E-state index in [-0.39, 0.29) is 11.9 Å². The van der Waals surface area contributed by atoms with Crippen LogP contribution in [0, 0.1) is 0 Å². The highest BCUT2D eigenvalue weighted by Gasteiger charge is 2.32. The predicted octanol–water partition coefficient (Wildman–Crippen LogP) is -2.67. The average molecular weight is 275 g/mol. The highest BCUT2D eigenvalue weighted by atomic mass is 16.4. The van der Waals surface area contributed by atoms with Crippen molar-refractivity contribution in [3.63, 3.8) is 0 Å². The van der Waals surface area contributed by atoms with E-state index in [0.717, 1.165) is 0 Å². The molecular formula is C11H21N3O5. The second kappa shape index (κ2) is 6.80. The van der Waals surface area contributed by atoms with Gasteiger partial charge in [-0.3, -0.25) is 14.5 Å². The number of carboxylic acid groups (broad SMARTS) is 1. The normalized spacial score (nSPS) is 34.7. The standard InChI is InChI=1S/C6H11NO3.C5H10N2O2/c1-7-3-4(8)2-5(7)6(9)10;6-5(9)4-1-3(8)2-7-4/h4-5,8H,2-3H2,1H3,(H,9,10);3-4,7-8H,1-2H2,(H2,6,9)/t4-,5+;3-,4+/m00/s1. The van der Waals surface area contributed by atoms with E-state index in [1.54, 1.807) is 11.9 Å². The minimum Gasteiger partial charge on any atom is -0.480 e. The maximum atomic E-state index is 10.4. The molecule has 6 N–H and O–H groups in total. The molecule has 0 unspecified atom stereocenters. The van der Waals surface area contributed by atoms with E-state index in [9.17, 15) is 9.59 Å². The summed E-state index contributed by atoms with van der Waals surface area (Å²) in [5.74, 6) is -1.23. The minimum atomic E-state index is -0.848. The van der Waals surface area contributed by atoms with Gasteiger partial charge in [-0.15, -0.1) is 0 Å². The first kappa shape index (κ1) is 15.8. The number of aliphatic hydroxyl groups excluding tert-OH is 2. The molecular weight excluding hydrogens is 254 g/mol. The quantitative estimate of drug-likeness (QED) is 0.371. The Morgan fingerprint density at radius 3 is 2.11 bits per heavy atom. The first-order valence-electron chi connectivity index (χ1n) is 6.13. The Morgan fingerprint density at radius 2 is 1.89 bits per heavy atom. The highest BCUT2D eigenvalue weighted by molar-refractivity contribution is 5.80. The number of primary amides is 1. The Labute approximate surface area is 111 Å². The third-order valence-corrected chi connectivity index (χ3v) is 3.26. The molecule has 0 aromatic carbocycles. The van der Waals surface area contributed by atoms with Crippen molar-refractivity contribution in [2.24, 2.45) is 5.73 Å². The Balaban J connectivity index is 0.000000191. The van der Waals surface area contributed by atoms with Gasteiger partial charge in [0.25, 0.3) is 0 Å². The minimum absolute atomic E-state index is 0.319. The summed E-state index contributed by atoms with van der Waals surface area (Å²) in [6.45, 7) is 0.949. The summed E-state index contributed by atoms with van der Waals surface area (Å²) in [6, 6.07) is -0.810. The molecule has 0 aromatic rings. The molecule has 8 nitrogen and oxygen atoms in total. The van der Waals surface area contributed by atoms with Gasteiger partial charge in [0.05, 0.1) is 18.2 Å². The molecule has 8 heteroatoms. The molecule has 2 saturated heterocycles. The van der Waals surface area contributed by atoms with Crippen LogP contribution in [0.3, 0.4) is 0 Å². The number of aliphatic carboxylic acids is 1. The lowest BCUT2D eigenvalue weighted by Crippen LogP contribution is -2.36. The van der Waals surface area contributed by atoms with Crippen LogP contribution in [-0.4, -0.2) is 76.5 Å². The molecule has 2 aliphatic heterocycles. The van der Waals surface area contributed by atoms with Crippen LogP contribution in [0.25, 0.3) is 0 Å². The number of β-amino-alcohol motifs (C(OH)–C–C–N with tert-alkyl or cyclic N) is 2. The summed E-state index contributed by atoms with van der Waals surface area (Å²) in [7, 11) is 1.70. The van der Waals surface area contributed by atoms with E-state index in [1.807, 2.05) is 0 Å². The second-order valence-corrected chi connectivity index (χ2v) is 4.94. The topological polar surface area (TPSA) is 136 Å². The van der Waals surface area contributed by atoms with Crippen LogP contribution in [-0.2, 0) is 9.59 Å². The second-order valence-electron chi connectivity index (χ2n) is 4.94. The van der Waals surface area contributed by atoms with Gasteiger partial charge in [0, 0.05) is 19.5 Å². The molecule has 0 bridgehead atoms. The smallest absolute Gasteiger partial charge is 0.321 e. The summed E-state index contributed by atoms with van der Waals surface area (Å²) in [6.07, 6.45) is -0.0603. The molecule has 2 aliphatic rings. The number of carboxylic acids is 1. The fourth-order valence-corrected chi connectivity index (χ4v) is 2.19. The number of likely N-dealkylation sites (tertiary alicyclic amines) is 1. The lowest BCUT2D eigenvalue weighted by molar-refractivity contribution is -0.141. The lowest BCUT2D eigenvalue weighted by atomic mass is 10.2. The summed E-state index contributed by atoms with van der Waals surface area (Å²) >= 11 is 0. The largest absolute Gasteiger partial charge is 0.480 e. The van der Waals surface area contributed by atoms with Crippen LogP contribution in [0.5, 0.6) is 0 Å². The number of likely N-dealkylation sites (N-methyl/N-ethyl adjacent to an activating group) is 1. The number of amides is 1. The zero-order chi connectivity index (χ0) is 14.6. The molecule has 19 heavy (non-hydrogen) atoms. The molecule has 110 valence electrons. The predicted molar refractivity (Wildman–Crippen MR) is 66.3 cm³/mol. The van der Waals surface area contributed by atoms with Crippen molar-refractivity contribution in [1.82, 2.24) is 10.2 Å². The SMILES string of the molecule is CN1C[C@@H](O)C[C@@H]1C(=O)O.NC(=O)[C@H]1C[C@H](O)CN1. The molecule has 2 heterocycles. The first-order chi connectivity index (χ1) is 8.81. The number of carbonyl (C=O) groups is 2. The van der Waals surface area contributed by atoms with Gasteiger partial charge < -0.3 is 26.4 Å². The Kier molecular flexibility index (Phi) is 5.67. The van der Waals surface area contributed by atoms with Crippen LogP contribution >= 0.6 is 0 Å². The van der Waals surface area contributed by atoms with E-state index >= 15 is 0 Å². The van der Waals surface area contributed by atoms with Gasteiger partial charge in [0.1, 0.15) is 6.04 Å². The van der Waals surface area contributed by atoms with Crippen molar-refractivity contribution < 1.29 is 24.9 Å². The molecule has 0 radical (unpaired) electrons. The molecule has 2 rings (SSSR count). The van der Waals surface area contributed by atoms with Gasteiger partial charge >= 0.3 is 5.97 Å². The van der Waals surface area contributed by atoms with Crippen LogP contribution in [0.15, 0.2) is 0 Å². The maximum Gasteiger partial charge on any atom is 0.321 e. The van der Waals surface area contributed by atoms with Gasteiger partial charge in [-0.25, -0.2) is 0 Å². The molecule has 0 aromatic heterocycles. The van der Waals surface area contributed by atoms with Crippen LogP contribution in [0.4, 0.5) is 0 Å². The molecule has 2 fully saturated rings. The van der Waals surface area contributed by atoms with Crippen molar-refractivity contribution in [2.45, 2.75) is 37.1 Å². The van der Waals surface area contributed by atoms with E-state index in [2.05, 4.69) is 5.32 Å². The van der Waals surface area contributed by atoms with Crippen LogP contribution in [0.1, 0.15) is 12.8 Å². The summed E-state index contributed by atoms with van der Waals surface area (Å²) in [5.41, 5.74) is 4.95. The van der Waals surface area contributed by atoms with Crippen LogP contribution < -0.4 is 11.1 Å². The Morgan fingerprint density at radius 1 is 1.26 bits per heavy atom. The number of nitrogens with zero attached hydrogens (tertiary/aromatic N) is 1. The van der Waals surface area contributed by atoms with Crippen LogP contribution in [0.2, 0.25) is 0 Å². The monoisotopic (exact) mass is 275 g/mol. The molecule has 0 aliphatic carbocycles. The zero-order valence-electron chi connectivity index (χ0n) is 10.8. The first-order valence-corrected chi connectivity index (χ1v) is 6.13. The van der Waals surface area contributed by atoms with Crippen molar-refractivity contribution in [3.05, 3.63) is 0 Å². The van der Waals surface area contributed by atoms with Crippen molar-refractivity contribution in [1.29, 1.82) is 0 Å². The third-order valence-electron chi connectivity index (χ3n) is 3.26. The average Bonchev–Trinajstić information content (AvgIpc) is 2.85. The summed E-state index contributed by atoms with van der Waals surface area (Å²) in [4.78, 5) is 22.4. The number of rotatable bonds is 2. The highest BCUT2D eigenvalue weighted by Crippen LogP contribution is 2.14. The summed E-state index contributed by atoms with van der Waals surface area (Å²) < 4.78 is 0. The number of nitrogens with one attached hydrogen (secondary N) is 1. The number of carbonyl (C=O) groups excluding carboxylic acids is 1. The maximum absolute atomic E-state index is 10.4. The number of hydrogen-bond donors (Lipinski definition) is 5. The third kappa shape index (κ3) is 4.75.